The third kappa shape index (κ3) is 4.53. The number of thiazole rings is 1. The lowest BCUT2D eigenvalue weighted by molar-refractivity contribution is 0.105. The lowest BCUT2D eigenvalue weighted by Crippen LogP contribution is -2.47. The van der Waals surface area contributed by atoms with Crippen molar-refractivity contribution in [2.45, 2.75) is 39.3 Å². The Labute approximate surface area is 199 Å². The third-order valence-corrected chi connectivity index (χ3v) is 7.61. The van der Waals surface area contributed by atoms with E-state index in [1.807, 2.05) is 6.92 Å². The number of hydrogen-bond acceptors (Lipinski definition) is 6. The molecule has 1 aliphatic rings. The average molecular weight is 462 g/mol. The molecule has 0 amide bonds. The Morgan fingerprint density at radius 3 is 2.27 bits per heavy atom. The maximum atomic E-state index is 11.1. The fourth-order valence-corrected chi connectivity index (χ4v) is 5.74. The molecule has 3 heterocycles. The van der Waals surface area contributed by atoms with Crippen molar-refractivity contribution in [2.75, 3.05) is 26.2 Å². The molecule has 0 unspecified atom stereocenters. The van der Waals surface area contributed by atoms with E-state index in [-0.39, 0.29) is 11.9 Å². The maximum Gasteiger partial charge on any atom is 0.230 e. The zero-order valence-corrected chi connectivity index (χ0v) is 20.1. The van der Waals surface area contributed by atoms with Crippen LogP contribution in [-0.4, -0.2) is 55.7 Å². The van der Waals surface area contributed by atoms with Gasteiger partial charge in [-0.05, 0) is 23.1 Å². The Morgan fingerprint density at radius 1 is 0.909 bits per heavy atom. The van der Waals surface area contributed by atoms with Crippen LogP contribution in [0.2, 0.25) is 0 Å². The van der Waals surface area contributed by atoms with Crippen LogP contribution in [0.4, 0.5) is 0 Å². The number of nitrogens with zero attached hydrogens (tertiary/aromatic N) is 5. The van der Waals surface area contributed by atoms with E-state index in [1.54, 1.807) is 15.9 Å². The summed E-state index contributed by atoms with van der Waals surface area (Å²) < 4.78 is 1.61. The van der Waals surface area contributed by atoms with Gasteiger partial charge in [0.05, 0.1) is 10.9 Å². The average Bonchev–Trinajstić information content (AvgIpc) is 3.40. The lowest BCUT2D eigenvalue weighted by Gasteiger charge is -2.39. The molecule has 0 radical (unpaired) electrons. The molecular formula is C26H31N5OS. The topological polar surface area (TPSA) is 56.9 Å². The van der Waals surface area contributed by atoms with Crippen molar-refractivity contribution < 1.29 is 5.11 Å². The van der Waals surface area contributed by atoms with Gasteiger partial charge in [0.15, 0.2) is 5.82 Å². The summed E-state index contributed by atoms with van der Waals surface area (Å²) in [6.45, 7) is 9.08. The van der Waals surface area contributed by atoms with Gasteiger partial charge in [-0.15, -0.1) is 5.10 Å². The first kappa shape index (κ1) is 22.1. The first-order valence-electron chi connectivity index (χ1n) is 11.8. The lowest BCUT2D eigenvalue weighted by atomic mass is 10.0. The Balaban J connectivity index is 1.42. The molecule has 0 spiro atoms. The highest BCUT2D eigenvalue weighted by Gasteiger charge is 2.31. The fraction of sp³-hybridized carbons (Fsp3) is 0.385. The minimum Gasteiger partial charge on any atom is -0.492 e. The van der Waals surface area contributed by atoms with Crippen LogP contribution in [-0.2, 0) is 19.4 Å². The Kier molecular flexibility index (Phi) is 6.44. The van der Waals surface area contributed by atoms with Crippen LogP contribution in [0.1, 0.15) is 47.3 Å². The van der Waals surface area contributed by atoms with Gasteiger partial charge in [-0.1, -0.05) is 79.8 Å². The smallest absolute Gasteiger partial charge is 0.230 e. The SMILES string of the molecule is CCc1ccc([C@H](c2sc3nc(CC)nn3c2O)N2CCN(Cc3ccccc3)CC2)cc1. The minimum atomic E-state index is -0.00615. The maximum absolute atomic E-state index is 11.1. The third-order valence-electron chi connectivity index (χ3n) is 6.53. The second-order valence-corrected chi connectivity index (χ2v) is 9.67. The van der Waals surface area contributed by atoms with Crippen LogP contribution < -0.4 is 0 Å². The summed E-state index contributed by atoms with van der Waals surface area (Å²) in [6, 6.07) is 19.5. The number of benzene rings is 2. The van der Waals surface area contributed by atoms with Crippen molar-refractivity contribution in [3.63, 3.8) is 0 Å². The molecule has 0 bridgehead atoms. The van der Waals surface area contributed by atoms with Crippen LogP contribution in [0.5, 0.6) is 5.88 Å². The molecule has 1 N–H and O–H groups in total. The summed E-state index contributed by atoms with van der Waals surface area (Å²) >= 11 is 1.55. The molecule has 1 saturated heterocycles. The van der Waals surface area contributed by atoms with Crippen molar-refractivity contribution in [1.82, 2.24) is 24.4 Å². The van der Waals surface area contributed by atoms with Crippen LogP contribution in [0, 0.1) is 0 Å². The summed E-state index contributed by atoms with van der Waals surface area (Å²) in [5, 5.41) is 15.6. The number of aromatic hydroxyl groups is 1. The second kappa shape index (κ2) is 9.63. The van der Waals surface area contributed by atoms with Crippen LogP contribution in [0.3, 0.4) is 0 Å². The van der Waals surface area contributed by atoms with E-state index < -0.39 is 0 Å². The van der Waals surface area contributed by atoms with Crippen molar-refractivity contribution in [3.8, 4) is 5.88 Å². The van der Waals surface area contributed by atoms with Gasteiger partial charge in [0.1, 0.15) is 0 Å². The van der Waals surface area contributed by atoms with Gasteiger partial charge in [0, 0.05) is 39.1 Å². The van der Waals surface area contributed by atoms with Gasteiger partial charge in [-0.3, -0.25) is 9.80 Å². The van der Waals surface area contributed by atoms with Gasteiger partial charge in [-0.25, -0.2) is 4.98 Å². The van der Waals surface area contributed by atoms with E-state index in [4.69, 9.17) is 0 Å². The normalized spacial score (nSPS) is 16.4. The molecule has 2 aromatic carbocycles. The molecule has 33 heavy (non-hydrogen) atoms. The largest absolute Gasteiger partial charge is 0.492 e. The number of piperazine rings is 1. The van der Waals surface area contributed by atoms with E-state index in [2.05, 4.69) is 81.4 Å². The van der Waals surface area contributed by atoms with Gasteiger partial charge in [0.25, 0.3) is 0 Å². The van der Waals surface area contributed by atoms with Crippen LogP contribution >= 0.6 is 11.3 Å². The summed E-state index contributed by atoms with van der Waals surface area (Å²) in [5.41, 5.74) is 3.89. The summed E-state index contributed by atoms with van der Waals surface area (Å²) in [7, 11) is 0. The molecule has 5 rings (SSSR count). The van der Waals surface area contributed by atoms with Crippen molar-refractivity contribution in [2.24, 2.45) is 0 Å². The van der Waals surface area contributed by atoms with Gasteiger partial charge in [-0.2, -0.15) is 4.52 Å². The predicted molar refractivity (Wildman–Crippen MR) is 133 cm³/mol. The Hall–Kier alpha value is -2.74. The highest BCUT2D eigenvalue weighted by Crippen LogP contribution is 2.40. The summed E-state index contributed by atoms with van der Waals surface area (Å²) in [4.78, 5) is 11.3. The minimum absolute atomic E-state index is 0.00615. The fourth-order valence-electron chi connectivity index (χ4n) is 4.60. The number of aromatic nitrogens is 3. The zero-order chi connectivity index (χ0) is 22.8. The summed E-state index contributed by atoms with van der Waals surface area (Å²) in [6.07, 6.45) is 1.78. The Bertz CT molecular complexity index is 1190. The van der Waals surface area contributed by atoms with E-state index in [0.29, 0.717) is 0 Å². The van der Waals surface area contributed by atoms with Crippen LogP contribution in [0.15, 0.2) is 54.6 Å². The summed E-state index contributed by atoms with van der Waals surface area (Å²) in [5.74, 6) is 0.986. The van der Waals surface area contributed by atoms with Crippen molar-refractivity contribution >= 4 is 16.3 Å². The molecule has 7 heteroatoms. The van der Waals surface area contributed by atoms with E-state index in [1.165, 1.54) is 16.7 Å². The quantitative estimate of drug-likeness (QED) is 0.438. The molecule has 6 nitrogen and oxygen atoms in total. The molecule has 2 aromatic heterocycles. The molecule has 0 aliphatic carbocycles. The predicted octanol–water partition coefficient (Wildman–Crippen LogP) is 4.53. The molecule has 1 aliphatic heterocycles. The number of rotatable bonds is 7. The first-order chi connectivity index (χ1) is 16.2. The van der Waals surface area contributed by atoms with E-state index in [9.17, 15) is 5.11 Å². The standard InChI is InChI=1S/C26H31N5OS/c1-3-19-10-12-21(13-11-19)23(24-25(32)31-26(33-24)27-22(4-2)28-31)30-16-14-29(15-17-30)18-20-8-6-5-7-9-20/h5-13,23,32H,3-4,14-18H2,1-2H3/t23-/m1/s1. The molecular weight excluding hydrogens is 430 g/mol. The monoisotopic (exact) mass is 461 g/mol. The number of aryl methyl sites for hydroxylation is 2. The van der Waals surface area contributed by atoms with Crippen molar-refractivity contribution in [1.29, 1.82) is 0 Å². The molecule has 1 atom stereocenters. The highest BCUT2D eigenvalue weighted by molar-refractivity contribution is 7.17. The van der Waals surface area contributed by atoms with Gasteiger partial charge >= 0.3 is 0 Å². The van der Waals surface area contributed by atoms with Crippen molar-refractivity contribution in [3.05, 3.63) is 82.0 Å². The number of hydrogen-bond donors (Lipinski definition) is 1. The van der Waals surface area contributed by atoms with E-state index in [0.717, 1.165) is 61.2 Å². The molecule has 0 saturated carbocycles. The molecule has 172 valence electrons. The van der Waals surface area contributed by atoms with E-state index >= 15 is 0 Å². The molecule has 4 aromatic rings. The van der Waals surface area contributed by atoms with Crippen LogP contribution in [0.25, 0.3) is 4.96 Å². The second-order valence-electron chi connectivity index (χ2n) is 8.66. The number of fused-ring (bicyclic) bond motifs is 1. The Morgan fingerprint density at radius 2 is 1.64 bits per heavy atom. The zero-order valence-electron chi connectivity index (χ0n) is 19.3. The first-order valence-corrected chi connectivity index (χ1v) is 12.6. The highest BCUT2D eigenvalue weighted by atomic mass is 32.1. The molecule has 1 fully saturated rings. The van der Waals surface area contributed by atoms with Gasteiger partial charge in [0.2, 0.25) is 10.8 Å². The van der Waals surface area contributed by atoms with Gasteiger partial charge < -0.3 is 5.11 Å².